The van der Waals surface area contributed by atoms with Gasteiger partial charge in [-0.15, -0.1) is 10.2 Å². The molecule has 0 radical (unpaired) electrons. The molecule has 0 fully saturated rings. The van der Waals surface area contributed by atoms with Gasteiger partial charge in [-0.25, -0.2) is 0 Å². The zero-order valence-electron chi connectivity index (χ0n) is 16.2. The summed E-state index contributed by atoms with van der Waals surface area (Å²) in [6, 6.07) is 11.8. The van der Waals surface area contributed by atoms with E-state index >= 15 is 0 Å². The van der Waals surface area contributed by atoms with Gasteiger partial charge in [-0.2, -0.15) is 5.26 Å². The Morgan fingerprint density at radius 2 is 2.10 bits per heavy atom. The SMILES string of the molecule is Cc1cc(C)cc(N(CCC#N)C(=O)CSc2nnc(NCc3ccco3)s2)c1. The molecule has 0 unspecified atom stereocenters. The Morgan fingerprint density at radius 3 is 2.79 bits per heavy atom. The van der Waals surface area contributed by atoms with Gasteiger partial charge in [0.15, 0.2) is 4.34 Å². The van der Waals surface area contributed by atoms with E-state index in [0.29, 0.717) is 22.6 Å². The lowest BCUT2D eigenvalue weighted by atomic mass is 10.1. The Labute approximate surface area is 177 Å². The number of nitrogens with zero attached hydrogens (tertiary/aromatic N) is 4. The summed E-state index contributed by atoms with van der Waals surface area (Å²) in [6.45, 7) is 4.89. The van der Waals surface area contributed by atoms with E-state index in [-0.39, 0.29) is 18.1 Å². The first kappa shape index (κ1) is 20.9. The third-order valence-corrected chi connectivity index (χ3v) is 5.98. The van der Waals surface area contributed by atoms with Crippen molar-refractivity contribution in [2.45, 2.75) is 31.2 Å². The Balaban J connectivity index is 1.60. The summed E-state index contributed by atoms with van der Waals surface area (Å²) in [5.41, 5.74) is 2.99. The van der Waals surface area contributed by atoms with Gasteiger partial charge in [0.05, 0.1) is 31.1 Å². The molecule has 0 saturated carbocycles. The van der Waals surface area contributed by atoms with Gasteiger partial charge in [-0.05, 0) is 49.2 Å². The Bertz CT molecular complexity index is 974. The summed E-state index contributed by atoms with van der Waals surface area (Å²) in [4.78, 5) is 14.5. The molecule has 3 rings (SSSR count). The van der Waals surface area contributed by atoms with Gasteiger partial charge in [-0.1, -0.05) is 29.2 Å². The van der Waals surface area contributed by atoms with E-state index in [1.165, 1.54) is 23.1 Å². The minimum atomic E-state index is -0.0597. The second kappa shape index (κ2) is 10.1. The Morgan fingerprint density at radius 1 is 1.31 bits per heavy atom. The van der Waals surface area contributed by atoms with Crippen molar-refractivity contribution in [3.8, 4) is 6.07 Å². The van der Waals surface area contributed by atoms with Crippen molar-refractivity contribution < 1.29 is 9.21 Å². The summed E-state index contributed by atoms with van der Waals surface area (Å²) in [7, 11) is 0. The van der Waals surface area contributed by atoms with Crippen LogP contribution in [0.25, 0.3) is 0 Å². The van der Waals surface area contributed by atoms with Crippen molar-refractivity contribution in [3.63, 3.8) is 0 Å². The predicted octanol–water partition coefficient (Wildman–Crippen LogP) is 4.40. The lowest BCUT2D eigenvalue weighted by Crippen LogP contribution is -2.33. The van der Waals surface area contributed by atoms with Crippen molar-refractivity contribution in [2.75, 3.05) is 22.5 Å². The molecule has 9 heteroatoms. The molecule has 0 bridgehead atoms. The number of rotatable bonds is 9. The highest BCUT2D eigenvalue weighted by Crippen LogP contribution is 2.27. The molecule has 1 N–H and O–H groups in total. The fourth-order valence-electron chi connectivity index (χ4n) is 2.78. The van der Waals surface area contributed by atoms with E-state index in [4.69, 9.17) is 9.68 Å². The predicted molar refractivity (Wildman–Crippen MR) is 115 cm³/mol. The third kappa shape index (κ3) is 6.07. The number of anilines is 2. The Hall–Kier alpha value is -2.83. The molecule has 2 aromatic heterocycles. The number of nitrogens with one attached hydrogen (secondary N) is 1. The van der Waals surface area contributed by atoms with E-state index in [1.54, 1.807) is 11.2 Å². The number of hydrogen-bond acceptors (Lipinski definition) is 8. The quantitative estimate of drug-likeness (QED) is 0.506. The molecule has 0 aliphatic carbocycles. The van der Waals surface area contributed by atoms with Gasteiger partial charge >= 0.3 is 0 Å². The van der Waals surface area contributed by atoms with Crippen molar-refractivity contribution in [1.82, 2.24) is 10.2 Å². The van der Waals surface area contributed by atoms with Gasteiger partial charge in [0.25, 0.3) is 0 Å². The van der Waals surface area contributed by atoms with Crippen LogP contribution in [0, 0.1) is 25.2 Å². The topological polar surface area (TPSA) is 95.0 Å². The number of thioether (sulfide) groups is 1. The lowest BCUT2D eigenvalue weighted by Gasteiger charge is -2.22. The largest absolute Gasteiger partial charge is 0.467 e. The van der Waals surface area contributed by atoms with Crippen LogP contribution in [0.5, 0.6) is 0 Å². The summed E-state index contributed by atoms with van der Waals surface area (Å²) in [5, 5.41) is 21.0. The molecule has 0 saturated heterocycles. The fraction of sp³-hybridized carbons (Fsp3) is 0.300. The number of carbonyl (C=O) groups excluding carboxylic acids is 1. The monoisotopic (exact) mass is 427 g/mol. The summed E-state index contributed by atoms with van der Waals surface area (Å²) >= 11 is 2.74. The second-order valence-electron chi connectivity index (χ2n) is 6.39. The molecule has 0 spiro atoms. The number of carbonyl (C=O) groups is 1. The first-order valence-electron chi connectivity index (χ1n) is 9.03. The maximum absolute atomic E-state index is 12.9. The minimum Gasteiger partial charge on any atom is -0.467 e. The van der Waals surface area contributed by atoms with E-state index in [2.05, 4.69) is 27.6 Å². The highest BCUT2D eigenvalue weighted by atomic mass is 32.2. The van der Waals surface area contributed by atoms with Gasteiger partial charge in [0.2, 0.25) is 11.0 Å². The van der Waals surface area contributed by atoms with Crippen LogP contribution in [0.1, 0.15) is 23.3 Å². The second-order valence-corrected chi connectivity index (χ2v) is 8.59. The van der Waals surface area contributed by atoms with Crippen molar-refractivity contribution in [3.05, 3.63) is 53.5 Å². The van der Waals surface area contributed by atoms with Gasteiger partial charge < -0.3 is 14.6 Å². The summed E-state index contributed by atoms with van der Waals surface area (Å²) in [6.07, 6.45) is 1.90. The molecular weight excluding hydrogens is 406 g/mol. The first-order valence-corrected chi connectivity index (χ1v) is 10.8. The summed E-state index contributed by atoms with van der Waals surface area (Å²) < 4.78 is 5.98. The molecule has 2 heterocycles. The normalized spacial score (nSPS) is 10.5. The third-order valence-electron chi connectivity index (χ3n) is 3.99. The number of benzene rings is 1. The number of aromatic nitrogens is 2. The van der Waals surface area contributed by atoms with Crippen LogP contribution in [0.2, 0.25) is 0 Å². The number of amides is 1. The van der Waals surface area contributed by atoms with Crippen molar-refractivity contribution in [2.24, 2.45) is 0 Å². The van der Waals surface area contributed by atoms with Crippen LogP contribution >= 0.6 is 23.1 Å². The smallest absolute Gasteiger partial charge is 0.237 e. The van der Waals surface area contributed by atoms with Crippen LogP contribution in [0.15, 0.2) is 45.4 Å². The van der Waals surface area contributed by atoms with Gasteiger partial charge in [0, 0.05) is 12.2 Å². The van der Waals surface area contributed by atoms with Crippen LogP contribution in [-0.2, 0) is 11.3 Å². The van der Waals surface area contributed by atoms with Gasteiger partial charge in [-0.3, -0.25) is 4.79 Å². The zero-order valence-corrected chi connectivity index (χ0v) is 17.8. The van der Waals surface area contributed by atoms with E-state index in [9.17, 15) is 4.79 Å². The zero-order chi connectivity index (χ0) is 20.6. The molecule has 0 aliphatic heterocycles. The van der Waals surface area contributed by atoms with Crippen LogP contribution in [0.3, 0.4) is 0 Å². The standard InChI is InChI=1S/C20H21N5O2S2/c1-14-9-15(2)11-16(10-14)25(7-4-6-21)18(26)13-28-20-24-23-19(29-20)22-12-17-5-3-8-27-17/h3,5,8-11H,4,7,12-13H2,1-2H3,(H,22,23). The molecule has 0 atom stereocenters. The summed E-state index contributed by atoms with van der Waals surface area (Å²) in [5.74, 6) is 0.979. The van der Waals surface area contributed by atoms with Crippen LogP contribution in [-0.4, -0.2) is 28.4 Å². The van der Waals surface area contributed by atoms with Crippen LogP contribution in [0.4, 0.5) is 10.8 Å². The fourth-order valence-corrected chi connectivity index (χ4v) is 4.41. The van der Waals surface area contributed by atoms with E-state index in [0.717, 1.165) is 22.6 Å². The maximum Gasteiger partial charge on any atom is 0.237 e. The number of nitriles is 1. The molecular formula is C20H21N5O2S2. The molecule has 7 nitrogen and oxygen atoms in total. The maximum atomic E-state index is 12.9. The van der Waals surface area contributed by atoms with Crippen LogP contribution < -0.4 is 10.2 Å². The van der Waals surface area contributed by atoms with E-state index in [1.807, 2.05) is 38.1 Å². The highest BCUT2D eigenvalue weighted by molar-refractivity contribution is 8.01. The molecule has 1 amide bonds. The Kier molecular flexibility index (Phi) is 7.27. The average Bonchev–Trinajstić information content (AvgIpc) is 3.36. The number of furan rings is 1. The molecule has 1 aromatic carbocycles. The molecule has 150 valence electrons. The van der Waals surface area contributed by atoms with E-state index < -0.39 is 0 Å². The lowest BCUT2D eigenvalue weighted by molar-refractivity contribution is -0.116. The minimum absolute atomic E-state index is 0.0597. The average molecular weight is 428 g/mol. The van der Waals surface area contributed by atoms with Gasteiger partial charge in [0.1, 0.15) is 5.76 Å². The highest BCUT2D eigenvalue weighted by Gasteiger charge is 2.17. The molecule has 29 heavy (non-hydrogen) atoms. The number of hydrogen-bond donors (Lipinski definition) is 1. The van der Waals surface area contributed by atoms with Crippen molar-refractivity contribution in [1.29, 1.82) is 5.26 Å². The van der Waals surface area contributed by atoms with Crippen molar-refractivity contribution >= 4 is 39.8 Å². The number of aryl methyl sites for hydroxylation is 2. The first-order chi connectivity index (χ1) is 14.0. The molecule has 3 aromatic rings. The molecule has 0 aliphatic rings.